The summed E-state index contributed by atoms with van der Waals surface area (Å²) in [5, 5.41) is 0.618. The molecule has 0 N–H and O–H groups in total. The van der Waals surface area contributed by atoms with Crippen molar-refractivity contribution in [3.05, 3.63) is 0 Å². The van der Waals surface area contributed by atoms with Gasteiger partial charge < -0.3 is 8.85 Å². The Morgan fingerprint density at radius 3 is 1.29 bits per heavy atom. The Kier molecular flexibility index (Phi) is 6.64. The summed E-state index contributed by atoms with van der Waals surface area (Å²) in [5.74, 6) is 0. The van der Waals surface area contributed by atoms with E-state index >= 15 is 0 Å². The second kappa shape index (κ2) is 6.50. The van der Waals surface area contributed by atoms with Crippen LogP contribution in [-0.2, 0) is 8.85 Å². The van der Waals surface area contributed by atoms with Crippen LogP contribution in [0.3, 0.4) is 0 Å². The van der Waals surface area contributed by atoms with Crippen LogP contribution >= 0.6 is 0 Å². The zero-order chi connectivity index (χ0) is 13.9. The fourth-order valence-corrected chi connectivity index (χ4v) is 3.46. The number of hydrogen-bond donors (Lipinski definition) is 0. The smallest absolute Gasteiger partial charge is 0.182 e. The van der Waals surface area contributed by atoms with E-state index in [-0.39, 0.29) is 6.29 Å². The lowest BCUT2D eigenvalue weighted by Gasteiger charge is -2.34. The van der Waals surface area contributed by atoms with Gasteiger partial charge in [-0.3, -0.25) is 0 Å². The summed E-state index contributed by atoms with van der Waals surface area (Å²) in [7, 11) is -2.36. The highest BCUT2D eigenvalue weighted by molar-refractivity contribution is 6.55. The third kappa shape index (κ3) is 6.74. The zero-order valence-corrected chi connectivity index (χ0v) is 15.6. The highest BCUT2D eigenvalue weighted by Crippen LogP contribution is 2.31. The van der Waals surface area contributed by atoms with Gasteiger partial charge in [-0.25, -0.2) is 0 Å². The van der Waals surface area contributed by atoms with E-state index in [0.717, 1.165) is 6.42 Å². The van der Waals surface area contributed by atoms with Crippen molar-refractivity contribution in [2.45, 2.75) is 84.3 Å². The Labute approximate surface area is 112 Å². The first kappa shape index (κ1) is 17.4. The van der Waals surface area contributed by atoms with Crippen LogP contribution in [-0.4, -0.2) is 24.4 Å². The van der Waals surface area contributed by atoms with E-state index in [1.165, 1.54) is 0 Å². The highest BCUT2D eigenvalue weighted by atomic mass is 28.3. The molecule has 2 unspecified atom stereocenters. The summed E-state index contributed by atoms with van der Waals surface area (Å²) in [6.45, 7) is 20.3. The SMILES string of the molecule is CCC(O[SiH](C)C(C)(C)C)O[SiH](C)C(C)(C)C. The van der Waals surface area contributed by atoms with Crippen molar-refractivity contribution in [3.63, 3.8) is 0 Å². The van der Waals surface area contributed by atoms with Crippen LogP contribution < -0.4 is 0 Å². The van der Waals surface area contributed by atoms with Gasteiger partial charge in [0, 0.05) is 0 Å². The van der Waals surface area contributed by atoms with E-state index in [2.05, 4.69) is 61.6 Å². The quantitative estimate of drug-likeness (QED) is 0.557. The molecular weight excluding hydrogens is 244 g/mol. The molecule has 0 heterocycles. The Bertz CT molecular complexity index is 196. The van der Waals surface area contributed by atoms with Crippen LogP contribution in [0.4, 0.5) is 0 Å². The first-order chi connectivity index (χ1) is 7.48. The second-order valence-electron chi connectivity index (χ2n) is 7.13. The molecule has 0 saturated carbocycles. The molecule has 0 aromatic rings. The van der Waals surface area contributed by atoms with Gasteiger partial charge in [-0.15, -0.1) is 0 Å². The van der Waals surface area contributed by atoms with Gasteiger partial charge in [0.25, 0.3) is 0 Å². The van der Waals surface area contributed by atoms with Gasteiger partial charge in [-0.1, -0.05) is 48.5 Å². The van der Waals surface area contributed by atoms with Gasteiger partial charge in [-0.2, -0.15) is 0 Å². The van der Waals surface area contributed by atoms with E-state index in [4.69, 9.17) is 8.85 Å². The third-order valence-electron chi connectivity index (χ3n) is 3.48. The number of hydrogen-bond acceptors (Lipinski definition) is 2. The van der Waals surface area contributed by atoms with Gasteiger partial charge in [0.1, 0.15) is 6.29 Å². The fraction of sp³-hybridized carbons (Fsp3) is 1.00. The molecule has 0 aromatic heterocycles. The molecule has 0 fully saturated rings. The van der Waals surface area contributed by atoms with Crippen LogP contribution in [0.2, 0.25) is 23.2 Å². The summed E-state index contributed by atoms with van der Waals surface area (Å²) in [5.41, 5.74) is 0. The Hall–Kier alpha value is 0.354. The second-order valence-corrected chi connectivity index (χ2v) is 13.7. The highest BCUT2D eigenvalue weighted by Gasteiger charge is 2.29. The van der Waals surface area contributed by atoms with Crippen molar-refractivity contribution < 1.29 is 8.85 Å². The minimum Gasteiger partial charge on any atom is -0.396 e. The molecule has 104 valence electrons. The van der Waals surface area contributed by atoms with Gasteiger partial charge in [0.05, 0.1) is 0 Å². The van der Waals surface area contributed by atoms with Gasteiger partial charge in [0.15, 0.2) is 18.1 Å². The summed E-state index contributed by atoms with van der Waals surface area (Å²) >= 11 is 0. The zero-order valence-electron chi connectivity index (χ0n) is 13.3. The standard InChI is InChI=1S/C13H32O2Si2/c1-10-11(14-16(8)12(2,3)4)15-17(9)13(5,6)7/h11,16-17H,10H2,1-9H3. The molecule has 0 aliphatic heterocycles. The molecule has 4 heteroatoms. The van der Waals surface area contributed by atoms with Crippen molar-refractivity contribution in [1.29, 1.82) is 0 Å². The number of rotatable bonds is 5. The molecular formula is C13H32O2Si2. The molecule has 2 atom stereocenters. The molecule has 0 bridgehead atoms. The van der Waals surface area contributed by atoms with Crippen molar-refractivity contribution in [2.24, 2.45) is 0 Å². The van der Waals surface area contributed by atoms with Crippen molar-refractivity contribution in [2.75, 3.05) is 0 Å². The topological polar surface area (TPSA) is 18.5 Å². The van der Waals surface area contributed by atoms with Gasteiger partial charge in [0.2, 0.25) is 0 Å². The maximum atomic E-state index is 6.18. The molecule has 0 saturated heterocycles. The van der Waals surface area contributed by atoms with Crippen molar-refractivity contribution >= 4 is 18.1 Å². The molecule has 0 aliphatic rings. The van der Waals surface area contributed by atoms with Crippen LogP contribution in [0.1, 0.15) is 54.9 Å². The van der Waals surface area contributed by atoms with Crippen LogP contribution in [0.15, 0.2) is 0 Å². The van der Waals surface area contributed by atoms with Crippen LogP contribution in [0.25, 0.3) is 0 Å². The lowest BCUT2D eigenvalue weighted by atomic mass is 10.3. The molecule has 0 aliphatic carbocycles. The Morgan fingerprint density at radius 2 is 1.12 bits per heavy atom. The van der Waals surface area contributed by atoms with Crippen LogP contribution in [0, 0.1) is 0 Å². The third-order valence-corrected chi connectivity index (χ3v) is 9.79. The Balaban J connectivity index is 4.36. The largest absolute Gasteiger partial charge is 0.396 e. The monoisotopic (exact) mass is 276 g/mol. The fourth-order valence-electron chi connectivity index (χ4n) is 1.09. The molecule has 17 heavy (non-hydrogen) atoms. The summed E-state index contributed by atoms with van der Waals surface area (Å²) < 4.78 is 12.4. The first-order valence-electron chi connectivity index (χ1n) is 6.79. The van der Waals surface area contributed by atoms with Gasteiger partial charge >= 0.3 is 0 Å². The minimum atomic E-state index is -1.18. The predicted molar refractivity (Wildman–Crippen MR) is 81.7 cm³/mol. The molecule has 0 amide bonds. The lowest BCUT2D eigenvalue weighted by molar-refractivity contribution is -0.00769. The minimum absolute atomic E-state index is 0.0248. The normalized spacial score (nSPS) is 18.9. The van der Waals surface area contributed by atoms with E-state index < -0.39 is 18.1 Å². The maximum absolute atomic E-state index is 6.18. The first-order valence-corrected chi connectivity index (χ1v) is 11.2. The molecule has 0 spiro atoms. The summed E-state index contributed by atoms with van der Waals surface area (Å²) in [6, 6.07) is 0. The van der Waals surface area contributed by atoms with Crippen molar-refractivity contribution in [1.82, 2.24) is 0 Å². The van der Waals surface area contributed by atoms with Crippen LogP contribution in [0.5, 0.6) is 0 Å². The molecule has 0 rings (SSSR count). The maximum Gasteiger partial charge on any atom is 0.182 e. The van der Waals surface area contributed by atoms with E-state index in [9.17, 15) is 0 Å². The van der Waals surface area contributed by atoms with E-state index in [1.54, 1.807) is 0 Å². The Morgan fingerprint density at radius 1 is 0.824 bits per heavy atom. The van der Waals surface area contributed by atoms with Gasteiger partial charge in [-0.05, 0) is 29.6 Å². The van der Waals surface area contributed by atoms with E-state index in [0.29, 0.717) is 10.1 Å². The molecule has 0 aromatic carbocycles. The molecule has 2 nitrogen and oxygen atoms in total. The predicted octanol–water partition coefficient (Wildman–Crippen LogP) is 4.06. The summed E-state index contributed by atoms with van der Waals surface area (Å²) in [4.78, 5) is 0. The average Bonchev–Trinajstić information content (AvgIpc) is 2.13. The van der Waals surface area contributed by atoms with Crippen molar-refractivity contribution in [3.8, 4) is 0 Å². The average molecular weight is 277 g/mol. The van der Waals surface area contributed by atoms with E-state index in [1.807, 2.05) is 0 Å². The lowest BCUT2D eigenvalue weighted by Crippen LogP contribution is -2.37. The summed E-state index contributed by atoms with van der Waals surface area (Å²) in [6.07, 6.45) is 0.984. The molecule has 0 radical (unpaired) electrons.